The number of amides is 2. The average Bonchev–Trinajstić information content (AvgIpc) is 3.57. The number of carbonyl (C=O) groups excluding carboxylic acids is 3. The van der Waals surface area contributed by atoms with Gasteiger partial charge in [0.2, 0.25) is 0 Å². The van der Waals surface area contributed by atoms with Gasteiger partial charge in [0.15, 0.2) is 0 Å². The molecule has 0 radical (unpaired) electrons. The smallest absolute Gasteiger partial charge is 0.254 e. The minimum Gasteiger partial charge on any atom is -0.380 e. The summed E-state index contributed by atoms with van der Waals surface area (Å²) in [5.74, 6) is -0.0379. The van der Waals surface area contributed by atoms with Gasteiger partial charge in [-0.15, -0.1) is 0 Å². The minimum absolute atomic E-state index is 0.0499. The van der Waals surface area contributed by atoms with Crippen molar-refractivity contribution in [2.75, 3.05) is 26.2 Å². The molecular weight excluding hydrogens is 392 g/mol. The lowest BCUT2D eigenvalue weighted by Gasteiger charge is -2.35. The van der Waals surface area contributed by atoms with Crippen molar-refractivity contribution in [3.8, 4) is 11.1 Å². The zero-order valence-corrected chi connectivity index (χ0v) is 17.8. The second-order valence-corrected chi connectivity index (χ2v) is 8.46. The molecule has 4 rings (SSSR count). The summed E-state index contributed by atoms with van der Waals surface area (Å²) in [4.78, 5) is 40.3. The highest BCUT2D eigenvalue weighted by molar-refractivity contribution is 5.95. The van der Waals surface area contributed by atoms with Crippen molar-refractivity contribution in [3.05, 3.63) is 59.7 Å². The van der Waals surface area contributed by atoms with E-state index in [1.54, 1.807) is 9.80 Å². The van der Waals surface area contributed by atoms with Crippen LogP contribution in [0.15, 0.2) is 48.5 Å². The van der Waals surface area contributed by atoms with E-state index in [4.69, 9.17) is 0 Å². The summed E-state index contributed by atoms with van der Waals surface area (Å²) < 4.78 is 0. The van der Waals surface area contributed by atoms with Crippen molar-refractivity contribution >= 4 is 17.6 Å². The van der Waals surface area contributed by atoms with E-state index in [1.807, 2.05) is 55.5 Å². The summed E-state index contributed by atoms with van der Waals surface area (Å²) in [6, 6.07) is 15.4. The first-order valence-electron chi connectivity index (χ1n) is 10.9. The number of rotatable bonds is 6. The van der Waals surface area contributed by atoms with Crippen LogP contribution in [0.3, 0.4) is 0 Å². The van der Waals surface area contributed by atoms with Crippen molar-refractivity contribution in [1.29, 1.82) is 0 Å². The average molecular weight is 421 g/mol. The summed E-state index contributed by atoms with van der Waals surface area (Å²) in [6.07, 6.45) is 2.04. The summed E-state index contributed by atoms with van der Waals surface area (Å²) >= 11 is 0. The zero-order chi connectivity index (χ0) is 22.0. The second kappa shape index (κ2) is 8.63. The van der Waals surface area contributed by atoms with Gasteiger partial charge in [-0.25, -0.2) is 0 Å². The number of piperazine rings is 1. The molecule has 0 bridgehead atoms. The first-order chi connectivity index (χ1) is 14.9. The molecular formula is C25H28N2O4. The molecule has 2 amide bonds. The molecule has 162 valence electrons. The van der Waals surface area contributed by atoms with Gasteiger partial charge in [0.1, 0.15) is 11.4 Å². The van der Waals surface area contributed by atoms with Crippen molar-refractivity contribution in [3.63, 3.8) is 0 Å². The fraction of sp³-hybridized carbons (Fsp3) is 0.400. The van der Waals surface area contributed by atoms with E-state index >= 15 is 0 Å². The lowest BCUT2D eigenvalue weighted by Crippen LogP contribution is -2.53. The molecule has 2 aromatic rings. The number of hydrogen-bond donors (Lipinski definition) is 1. The Labute approximate surface area is 182 Å². The van der Waals surface area contributed by atoms with E-state index in [2.05, 4.69) is 0 Å². The monoisotopic (exact) mass is 420 g/mol. The molecule has 31 heavy (non-hydrogen) atoms. The maximum Gasteiger partial charge on any atom is 0.254 e. The van der Waals surface area contributed by atoms with Gasteiger partial charge in [-0.05, 0) is 41.7 Å². The number of Topliss-reactive ketones (excluding diaryl/α,β-unsaturated/α-hetero) is 1. The molecule has 2 aliphatic rings. The summed E-state index contributed by atoms with van der Waals surface area (Å²) in [5, 5.41) is 10.0. The molecule has 2 fully saturated rings. The van der Waals surface area contributed by atoms with Gasteiger partial charge in [-0.2, -0.15) is 0 Å². The predicted molar refractivity (Wildman–Crippen MR) is 118 cm³/mol. The van der Waals surface area contributed by atoms with Gasteiger partial charge in [-0.1, -0.05) is 43.3 Å². The van der Waals surface area contributed by atoms with Crippen molar-refractivity contribution < 1.29 is 19.5 Å². The highest BCUT2D eigenvalue weighted by Crippen LogP contribution is 2.37. The molecule has 6 heteroatoms. The minimum atomic E-state index is -1.15. The van der Waals surface area contributed by atoms with Gasteiger partial charge in [-0.3, -0.25) is 14.4 Å². The Morgan fingerprint density at radius 3 is 2.16 bits per heavy atom. The highest BCUT2D eigenvalue weighted by Gasteiger charge is 2.50. The van der Waals surface area contributed by atoms with Crippen molar-refractivity contribution in [1.82, 2.24) is 9.80 Å². The highest BCUT2D eigenvalue weighted by atomic mass is 16.3. The predicted octanol–water partition coefficient (Wildman–Crippen LogP) is 2.68. The third kappa shape index (κ3) is 4.69. The van der Waals surface area contributed by atoms with Crippen LogP contribution in [0.2, 0.25) is 0 Å². The van der Waals surface area contributed by atoms with Crippen LogP contribution >= 0.6 is 0 Å². The van der Waals surface area contributed by atoms with Crippen molar-refractivity contribution in [2.24, 2.45) is 0 Å². The molecule has 0 aromatic heterocycles. The maximum absolute atomic E-state index is 12.9. The normalized spacial score (nSPS) is 17.4. The molecule has 2 aromatic carbocycles. The van der Waals surface area contributed by atoms with Gasteiger partial charge in [0.05, 0.1) is 0 Å². The molecule has 6 nitrogen and oxygen atoms in total. The number of aliphatic hydroxyl groups is 1. The SMILES string of the molecule is CCC(=O)Cc1cccc(-c2ccc(C(=O)N3CCN(C(=O)C4(O)CC4)CC3)cc2)c1. The van der Waals surface area contributed by atoms with E-state index < -0.39 is 5.60 Å². The van der Waals surface area contributed by atoms with Crippen molar-refractivity contribution in [2.45, 2.75) is 38.2 Å². The molecule has 0 atom stereocenters. The lowest BCUT2D eigenvalue weighted by molar-refractivity contribution is -0.143. The molecule has 0 spiro atoms. The third-order valence-electron chi connectivity index (χ3n) is 6.16. The van der Waals surface area contributed by atoms with Crippen LogP contribution in [-0.4, -0.2) is 64.3 Å². The zero-order valence-electron chi connectivity index (χ0n) is 17.8. The van der Waals surface area contributed by atoms with Crippen LogP contribution in [0.25, 0.3) is 11.1 Å². The van der Waals surface area contributed by atoms with Crippen LogP contribution in [0.1, 0.15) is 42.1 Å². The van der Waals surface area contributed by atoms with Crippen LogP contribution in [-0.2, 0) is 16.0 Å². The number of hydrogen-bond acceptors (Lipinski definition) is 4. The topological polar surface area (TPSA) is 77.9 Å². The fourth-order valence-corrected chi connectivity index (χ4v) is 3.94. The number of ketones is 1. The Balaban J connectivity index is 1.38. The first-order valence-corrected chi connectivity index (χ1v) is 10.9. The number of carbonyl (C=O) groups is 3. The standard InChI is InChI=1S/C25H28N2O4/c1-2-22(28)17-18-4-3-5-21(16-18)19-6-8-20(9-7-19)23(29)26-12-14-27(15-13-26)24(30)25(31)10-11-25/h3-9,16,31H,2,10-15,17H2,1H3. The van der Waals surface area contributed by atoms with Crippen LogP contribution < -0.4 is 0 Å². The fourth-order valence-electron chi connectivity index (χ4n) is 3.94. The van der Waals surface area contributed by atoms with Crippen LogP contribution in [0.4, 0.5) is 0 Å². The molecule has 1 saturated heterocycles. The number of benzene rings is 2. The quantitative estimate of drug-likeness (QED) is 0.780. The van der Waals surface area contributed by atoms with Gasteiger partial charge in [0.25, 0.3) is 11.8 Å². The second-order valence-electron chi connectivity index (χ2n) is 8.46. The molecule has 1 N–H and O–H groups in total. The van der Waals surface area contributed by atoms with Gasteiger partial charge >= 0.3 is 0 Å². The molecule has 1 aliphatic carbocycles. The Morgan fingerprint density at radius 2 is 1.55 bits per heavy atom. The van der Waals surface area contributed by atoms with E-state index in [0.717, 1.165) is 16.7 Å². The lowest BCUT2D eigenvalue weighted by atomic mass is 9.99. The van der Waals surface area contributed by atoms with E-state index in [1.165, 1.54) is 0 Å². The van der Waals surface area contributed by atoms with Crippen LogP contribution in [0, 0.1) is 0 Å². The Bertz CT molecular complexity index is 987. The maximum atomic E-state index is 12.9. The first kappa shape index (κ1) is 21.2. The molecule has 0 unspecified atom stereocenters. The Hall–Kier alpha value is -2.99. The molecule has 1 heterocycles. The molecule has 1 aliphatic heterocycles. The van der Waals surface area contributed by atoms with E-state index in [-0.39, 0.29) is 17.6 Å². The Kier molecular flexibility index (Phi) is 5.92. The Morgan fingerprint density at radius 1 is 0.903 bits per heavy atom. The third-order valence-corrected chi connectivity index (χ3v) is 6.16. The van der Waals surface area contributed by atoms with E-state index in [0.29, 0.717) is 57.4 Å². The van der Waals surface area contributed by atoms with E-state index in [9.17, 15) is 19.5 Å². The largest absolute Gasteiger partial charge is 0.380 e. The van der Waals surface area contributed by atoms with Gasteiger partial charge < -0.3 is 14.9 Å². The summed E-state index contributed by atoms with van der Waals surface area (Å²) in [6.45, 7) is 3.71. The summed E-state index contributed by atoms with van der Waals surface area (Å²) in [5.41, 5.74) is 2.47. The van der Waals surface area contributed by atoms with Gasteiger partial charge in [0, 0.05) is 44.6 Å². The summed E-state index contributed by atoms with van der Waals surface area (Å²) in [7, 11) is 0. The molecule has 1 saturated carbocycles. The van der Waals surface area contributed by atoms with Crippen LogP contribution in [0.5, 0.6) is 0 Å². The number of nitrogens with zero attached hydrogens (tertiary/aromatic N) is 2.